The molecule has 1 aliphatic rings. The zero-order chi connectivity index (χ0) is 20.2. The fourth-order valence-corrected chi connectivity index (χ4v) is 3.40. The third-order valence-corrected chi connectivity index (χ3v) is 5.12. The second kappa shape index (κ2) is 8.07. The minimum absolute atomic E-state index is 0.00455. The van der Waals surface area contributed by atoms with Gasteiger partial charge in [-0.2, -0.15) is 10.4 Å². The first-order valence-electron chi connectivity index (χ1n) is 9.42. The van der Waals surface area contributed by atoms with Crippen LogP contribution in [0, 0.1) is 11.3 Å². The van der Waals surface area contributed by atoms with E-state index in [1.807, 2.05) is 35.2 Å². The van der Waals surface area contributed by atoms with Crippen LogP contribution < -0.4 is 9.64 Å². The first kappa shape index (κ1) is 18.6. The minimum Gasteiger partial charge on any atom is -0.497 e. The Balaban J connectivity index is 1.38. The van der Waals surface area contributed by atoms with Crippen molar-refractivity contribution in [3.63, 3.8) is 0 Å². The molecule has 1 aliphatic heterocycles. The van der Waals surface area contributed by atoms with Crippen LogP contribution in [0.5, 0.6) is 5.75 Å². The number of rotatable bonds is 4. The first-order valence-corrected chi connectivity index (χ1v) is 9.42. The van der Waals surface area contributed by atoms with Gasteiger partial charge >= 0.3 is 0 Å². The van der Waals surface area contributed by atoms with E-state index in [0.29, 0.717) is 24.2 Å². The molecule has 1 amide bonds. The van der Waals surface area contributed by atoms with Crippen LogP contribution in [0.2, 0.25) is 0 Å². The van der Waals surface area contributed by atoms with Gasteiger partial charge in [-0.05, 0) is 54.1 Å². The summed E-state index contributed by atoms with van der Waals surface area (Å²) in [5.74, 6) is 1.69. The molecule has 1 N–H and O–H groups in total. The highest BCUT2D eigenvalue weighted by Gasteiger charge is 2.23. The van der Waals surface area contributed by atoms with E-state index in [1.54, 1.807) is 31.4 Å². The number of nitrogens with zero attached hydrogens (tertiary/aromatic N) is 4. The van der Waals surface area contributed by atoms with E-state index in [1.165, 1.54) is 0 Å². The number of nitrogens with one attached hydrogen (secondary N) is 1. The molecule has 0 spiro atoms. The molecule has 7 nitrogen and oxygen atoms in total. The van der Waals surface area contributed by atoms with Crippen molar-refractivity contribution in [1.29, 1.82) is 5.26 Å². The molecule has 0 unspecified atom stereocenters. The summed E-state index contributed by atoms with van der Waals surface area (Å²) in [6, 6.07) is 18.7. The van der Waals surface area contributed by atoms with Crippen molar-refractivity contribution in [2.75, 3.05) is 38.2 Å². The van der Waals surface area contributed by atoms with Gasteiger partial charge < -0.3 is 14.5 Å². The Morgan fingerprint density at radius 3 is 2.38 bits per heavy atom. The van der Waals surface area contributed by atoms with E-state index < -0.39 is 0 Å². The molecule has 1 aromatic heterocycles. The smallest absolute Gasteiger partial charge is 0.253 e. The molecular formula is C22H21N5O2. The van der Waals surface area contributed by atoms with Crippen molar-refractivity contribution in [3.8, 4) is 23.1 Å². The monoisotopic (exact) mass is 387 g/mol. The fraction of sp³-hybridized carbons (Fsp3) is 0.227. The van der Waals surface area contributed by atoms with E-state index >= 15 is 0 Å². The summed E-state index contributed by atoms with van der Waals surface area (Å²) in [5.41, 5.74) is 3.15. The molecule has 2 aromatic carbocycles. The Morgan fingerprint density at radius 2 is 1.76 bits per heavy atom. The third-order valence-electron chi connectivity index (χ3n) is 5.12. The number of aromatic nitrogens is 2. The summed E-state index contributed by atoms with van der Waals surface area (Å²) < 4.78 is 5.20. The zero-order valence-corrected chi connectivity index (χ0v) is 16.1. The van der Waals surface area contributed by atoms with Crippen molar-refractivity contribution in [1.82, 2.24) is 15.1 Å². The predicted molar refractivity (Wildman–Crippen MR) is 110 cm³/mol. The van der Waals surface area contributed by atoms with Gasteiger partial charge in [-0.1, -0.05) is 0 Å². The highest BCUT2D eigenvalue weighted by Crippen LogP contribution is 2.24. The molecule has 0 bridgehead atoms. The molecule has 3 aromatic rings. The van der Waals surface area contributed by atoms with E-state index in [0.717, 1.165) is 35.9 Å². The lowest BCUT2D eigenvalue weighted by molar-refractivity contribution is 0.0746. The van der Waals surface area contributed by atoms with Gasteiger partial charge in [0.2, 0.25) is 0 Å². The van der Waals surface area contributed by atoms with Crippen molar-refractivity contribution in [2.45, 2.75) is 0 Å². The number of ether oxygens (including phenoxy) is 1. The van der Waals surface area contributed by atoms with Crippen molar-refractivity contribution >= 4 is 11.7 Å². The topological polar surface area (TPSA) is 85.2 Å². The van der Waals surface area contributed by atoms with Crippen LogP contribution in [0.15, 0.2) is 54.6 Å². The average molecular weight is 387 g/mol. The second-order valence-electron chi connectivity index (χ2n) is 6.84. The summed E-state index contributed by atoms with van der Waals surface area (Å²) in [6.07, 6.45) is 0. The Hall–Kier alpha value is -3.79. The molecule has 0 radical (unpaired) electrons. The van der Waals surface area contributed by atoms with Crippen molar-refractivity contribution in [2.24, 2.45) is 0 Å². The SMILES string of the molecule is COc1ccc(-c2cc(N3CCN(C(=O)c4ccc(C#N)cc4)CC3)n[nH]2)cc1. The Kier molecular flexibility index (Phi) is 5.16. The van der Waals surface area contributed by atoms with Gasteiger partial charge in [0.25, 0.3) is 5.91 Å². The van der Waals surface area contributed by atoms with E-state index in [4.69, 9.17) is 10.00 Å². The maximum atomic E-state index is 12.7. The number of hydrogen-bond donors (Lipinski definition) is 1. The lowest BCUT2D eigenvalue weighted by Gasteiger charge is -2.34. The standard InChI is InChI=1S/C22H21N5O2/c1-29-19-8-6-17(7-9-19)20-14-21(25-24-20)26-10-12-27(13-11-26)22(28)18-4-2-16(15-23)3-5-18/h2-9,14H,10-13H2,1H3,(H,24,25). The van der Waals surface area contributed by atoms with E-state index in [9.17, 15) is 4.79 Å². The Bertz CT molecular complexity index is 1030. The lowest BCUT2D eigenvalue weighted by atomic mass is 10.1. The van der Waals surface area contributed by atoms with Crippen LogP contribution in [-0.2, 0) is 0 Å². The lowest BCUT2D eigenvalue weighted by Crippen LogP contribution is -2.48. The average Bonchev–Trinajstić information content (AvgIpc) is 3.29. The summed E-state index contributed by atoms with van der Waals surface area (Å²) in [6.45, 7) is 2.69. The number of carbonyl (C=O) groups is 1. The summed E-state index contributed by atoms with van der Waals surface area (Å²) in [4.78, 5) is 16.7. The van der Waals surface area contributed by atoms with Gasteiger partial charge in [0.1, 0.15) is 5.75 Å². The second-order valence-corrected chi connectivity index (χ2v) is 6.84. The number of aromatic amines is 1. The minimum atomic E-state index is -0.00455. The summed E-state index contributed by atoms with van der Waals surface area (Å²) in [5, 5.41) is 16.4. The quantitative estimate of drug-likeness (QED) is 0.744. The highest BCUT2D eigenvalue weighted by atomic mass is 16.5. The number of amides is 1. The maximum Gasteiger partial charge on any atom is 0.253 e. The van der Waals surface area contributed by atoms with Gasteiger partial charge in [0.15, 0.2) is 5.82 Å². The number of carbonyl (C=O) groups excluding carboxylic acids is 1. The van der Waals surface area contributed by atoms with E-state index in [2.05, 4.69) is 21.2 Å². The molecule has 2 heterocycles. The van der Waals surface area contributed by atoms with Gasteiger partial charge in [-0.15, -0.1) is 0 Å². The van der Waals surface area contributed by atoms with Crippen molar-refractivity contribution in [3.05, 3.63) is 65.7 Å². The summed E-state index contributed by atoms with van der Waals surface area (Å²) in [7, 11) is 1.65. The van der Waals surface area contributed by atoms with Crippen LogP contribution >= 0.6 is 0 Å². The normalized spacial score (nSPS) is 13.8. The predicted octanol–water partition coefficient (Wildman–Crippen LogP) is 2.92. The number of methoxy groups -OCH3 is 1. The number of anilines is 1. The number of piperazine rings is 1. The number of benzene rings is 2. The molecular weight excluding hydrogens is 366 g/mol. The molecule has 146 valence electrons. The zero-order valence-electron chi connectivity index (χ0n) is 16.1. The fourth-order valence-electron chi connectivity index (χ4n) is 3.40. The van der Waals surface area contributed by atoms with Crippen LogP contribution in [0.3, 0.4) is 0 Å². The number of hydrogen-bond acceptors (Lipinski definition) is 5. The van der Waals surface area contributed by atoms with E-state index in [-0.39, 0.29) is 5.91 Å². The first-order chi connectivity index (χ1) is 14.2. The van der Waals surface area contributed by atoms with Gasteiger partial charge in [-0.25, -0.2) is 0 Å². The van der Waals surface area contributed by atoms with Crippen LogP contribution in [-0.4, -0.2) is 54.3 Å². The molecule has 0 aliphatic carbocycles. The molecule has 29 heavy (non-hydrogen) atoms. The molecule has 0 saturated carbocycles. The molecule has 7 heteroatoms. The molecule has 0 atom stereocenters. The van der Waals surface area contributed by atoms with Crippen molar-refractivity contribution < 1.29 is 9.53 Å². The van der Waals surface area contributed by atoms with Gasteiger partial charge in [0.05, 0.1) is 24.4 Å². The van der Waals surface area contributed by atoms with Crippen LogP contribution in [0.1, 0.15) is 15.9 Å². The third kappa shape index (κ3) is 3.92. The molecule has 1 saturated heterocycles. The van der Waals surface area contributed by atoms with Crippen LogP contribution in [0.4, 0.5) is 5.82 Å². The molecule has 4 rings (SSSR count). The van der Waals surface area contributed by atoms with Crippen LogP contribution in [0.25, 0.3) is 11.3 Å². The number of H-pyrrole nitrogens is 1. The summed E-state index contributed by atoms with van der Waals surface area (Å²) >= 11 is 0. The number of nitriles is 1. The highest BCUT2D eigenvalue weighted by molar-refractivity contribution is 5.94. The van der Waals surface area contributed by atoms with Gasteiger partial charge in [0, 0.05) is 37.8 Å². The Morgan fingerprint density at radius 1 is 1.07 bits per heavy atom. The maximum absolute atomic E-state index is 12.7. The molecule has 1 fully saturated rings. The van der Waals surface area contributed by atoms with Gasteiger partial charge in [-0.3, -0.25) is 9.89 Å². The Labute approximate surface area is 169 Å². The largest absolute Gasteiger partial charge is 0.497 e.